The summed E-state index contributed by atoms with van der Waals surface area (Å²) in [5.74, 6) is 1.76. The smallest absolute Gasteiger partial charge is 0.168 e. The molecule has 1 saturated heterocycles. The molecule has 10 heteroatoms. The highest BCUT2D eigenvalue weighted by Gasteiger charge is 2.44. The van der Waals surface area contributed by atoms with Crippen molar-refractivity contribution in [3.05, 3.63) is 83.9 Å². The van der Waals surface area contributed by atoms with Gasteiger partial charge in [0.2, 0.25) is 0 Å². The second kappa shape index (κ2) is 12.8. The van der Waals surface area contributed by atoms with Gasteiger partial charge in [0.25, 0.3) is 0 Å². The van der Waals surface area contributed by atoms with E-state index in [2.05, 4.69) is 53.7 Å². The third-order valence-corrected chi connectivity index (χ3v) is 7.12. The van der Waals surface area contributed by atoms with Gasteiger partial charge >= 0.3 is 0 Å². The normalized spacial score (nSPS) is 21.1. The van der Waals surface area contributed by atoms with Crippen molar-refractivity contribution in [3.63, 3.8) is 0 Å². The highest BCUT2D eigenvalue weighted by molar-refractivity contribution is 5.83. The van der Waals surface area contributed by atoms with Crippen molar-refractivity contribution in [1.82, 2.24) is 24.8 Å². The van der Waals surface area contributed by atoms with Crippen LogP contribution < -0.4 is 10.6 Å². The van der Waals surface area contributed by atoms with Crippen LogP contribution in [0.25, 0.3) is 11.2 Å². The number of ether oxygens (including phenoxy) is 2. The highest BCUT2D eigenvalue weighted by atomic mass is 16.6. The van der Waals surface area contributed by atoms with Crippen molar-refractivity contribution in [2.75, 3.05) is 32.1 Å². The maximum Gasteiger partial charge on any atom is 0.168 e. The summed E-state index contributed by atoms with van der Waals surface area (Å²) in [6.07, 6.45) is -2.19. The van der Waals surface area contributed by atoms with Crippen molar-refractivity contribution in [3.8, 4) is 0 Å². The number of nitrogens with one attached hydrogen (secondary N) is 2. The summed E-state index contributed by atoms with van der Waals surface area (Å²) in [7, 11) is 1.53. The lowest BCUT2D eigenvalue weighted by atomic mass is 9.91. The molecule has 0 saturated carbocycles. The molecular weight excluding hydrogens is 508 g/mol. The summed E-state index contributed by atoms with van der Waals surface area (Å²) in [6, 6.07) is 20.7. The molecule has 2 aromatic carbocycles. The van der Waals surface area contributed by atoms with Crippen LogP contribution in [0.2, 0.25) is 0 Å². The van der Waals surface area contributed by atoms with Gasteiger partial charge in [-0.25, -0.2) is 15.0 Å². The molecule has 4 N–H and O–H groups in total. The standard InChI is InChI=1S/C30H38N6O4/c1-19(2)14-31-16-24-34-28(32-15-22(20-10-6-4-7-11-20)21-12-8-5-9-13-21)25-29(35-24)36(18-33-25)30-27(38)26(37)23(40-30)17-39-3/h4-13,18-19,22-23,26-27,30-31,37-38H,14-17H2,1-3H3,(H,32,34,35)/t23-,26-,27-,30-/m1/s1. The first-order valence-corrected chi connectivity index (χ1v) is 13.7. The molecule has 212 valence electrons. The maximum absolute atomic E-state index is 10.8. The van der Waals surface area contributed by atoms with Crippen LogP contribution in [0.5, 0.6) is 0 Å². The monoisotopic (exact) mass is 546 g/mol. The van der Waals surface area contributed by atoms with E-state index in [1.165, 1.54) is 18.2 Å². The van der Waals surface area contributed by atoms with Crippen molar-refractivity contribution >= 4 is 17.0 Å². The summed E-state index contributed by atoms with van der Waals surface area (Å²) in [5.41, 5.74) is 3.46. The van der Waals surface area contributed by atoms with Crippen molar-refractivity contribution in [1.29, 1.82) is 0 Å². The molecule has 0 radical (unpaired) electrons. The molecule has 5 rings (SSSR count). The van der Waals surface area contributed by atoms with Crippen LogP contribution >= 0.6 is 0 Å². The molecule has 0 amide bonds. The van der Waals surface area contributed by atoms with E-state index >= 15 is 0 Å². The topological polar surface area (TPSA) is 127 Å². The second-order valence-corrected chi connectivity index (χ2v) is 10.6. The van der Waals surface area contributed by atoms with Gasteiger partial charge in [0.05, 0.1) is 19.5 Å². The zero-order chi connectivity index (χ0) is 28.1. The third-order valence-electron chi connectivity index (χ3n) is 7.12. The van der Waals surface area contributed by atoms with Gasteiger partial charge in [0.1, 0.15) is 24.1 Å². The zero-order valence-electron chi connectivity index (χ0n) is 23.1. The Morgan fingerprint density at radius 1 is 0.950 bits per heavy atom. The summed E-state index contributed by atoms with van der Waals surface area (Å²) < 4.78 is 12.8. The van der Waals surface area contributed by atoms with Crippen LogP contribution in [0.3, 0.4) is 0 Å². The first-order valence-electron chi connectivity index (χ1n) is 13.7. The minimum atomic E-state index is -1.16. The van der Waals surface area contributed by atoms with Gasteiger partial charge in [0.15, 0.2) is 23.2 Å². The van der Waals surface area contributed by atoms with E-state index in [1.54, 1.807) is 10.9 Å². The van der Waals surface area contributed by atoms with Crippen LogP contribution in [0.15, 0.2) is 67.0 Å². The van der Waals surface area contributed by atoms with Gasteiger partial charge in [-0.2, -0.15) is 0 Å². The van der Waals surface area contributed by atoms with Gasteiger partial charge in [-0.05, 0) is 23.6 Å². The Balaban J connectivity index is 1.48. The predicted molar refractivity (Wildman–Crippen MR) is 153 cm³/mol. The van der Waals surface area contributed by atoms with E-state index in [-0.39, 0.29) is 12.5 Å². The van der Waals surface area contributed by atoms with E-state index in [9.17, 15) is 10.2 Å². The summed E-state index contributed by atoms with van der Waals surface area (Å²) in [5, 5.41) is 28.3. The van der Waals surface area contributed by atoms with Crippen LogP contribution in [0.4, 0.5) is 5.82 Å². The average molecular weight is 547 g/mol. The van der Waals surface area contributed by atoms with E-state index in [0.717, 1.165) is 6.54 Å². The Bertz CT molecular complexity index is 1330. The minimum Gasteiger partial charge on any atom is -0.387 e. The van der Waals surface area contributed by atoms with Crippen LogP contribution in [0, 0.1) is 5.92 Å². The number of benzene rings is 2. The van der Waals surface area contributed by atoms with Gasteiger partial charge in [0, 0.05) is 19.6 Å². The molecule has 0 unspecified atom stereocenters. The lowest BCUT2D eigenvalue weighted by Crippen LogP contribution is -2.33. The molecule has 1 aliphatic rings. The van der Waals surface area contributed by atoms with E-state index in [0.29, 0.717) is 41.8 Å². The molecule has 1 aliphatic heterocycles. The quantitative estimate of drug-likeness (QED) is 0.212. The molecule has 2 aromatic heterocycles. The first kappa shape index (κ1) is 28.1. The lowest BCUT2D eigenvalue weighted by molar-refractivity contribution is -0.0580. The number of hydrogen-bond donors (Lipinski definition) is 4. The SMILES string of the molecule is COC[C@H]1O[C@@H](n2cnc3c(NCC(c4ccccc4)c4ccccc4)nc(CNCC(C)C)nc32)[C@H](O)[C@@H]1O. The first-order chi connectivity index (χ1) is 19.5. The van der Waals surface area contributed by atoms with Crippen molar-refractivity contribution in [2.45, 2.75) is 50.8 Å². The lowest BCUT2D eigenvalue weighted by Gasteiger charge is -2.20. The molecular formula is C30H38N6O4. The van der Waals surface area contributed by atoms with Crippen LogP contribution in [0.1, 0.15) is 42.9 Å². The van der Waals surface area contributed by atoms with Gasteiger partial charge in [-0.1, -0.05) is 74.5 Å². The molecule has 10 nitrogen and oxygen atoms in total. The fraction of sp³-hybridized carbons (Fsp3) is 0.433. The molecule has 40 heavy (non-hydrogen) atoms. The number of aromatic nitrogens is 4. The van der Waals surface area contributed by atoms with Gasteiger partial charge < -0.3 is 30.3 Å². The molecule has 4 aromatic rings. The Hall–Kier alpha value is -3.41. The summed E-state index contributed by atoms with van der Waals surface area (Å²) >= 11 is 0. The van der Waals surface area contributed by atoms with E-state index in [1.807, 2.05) is 36.4 Å². The van der Waals surface area contributed by atoms with Crippen LogP contribution in [-0.4, -0.2) is 74.9 Å². The highest BCUT2D eigenvalue weighted by Crippen LogP contribution is 2.33. The molecule has 0 spiro atoms. The molecule has 0 aliphatic carbocycles. The van der Waals surface area contributed by atoms with Gasteiger partial charge in [-0.15, -0.1) is 0 Å². The molecule has 1 fully saturated rings. The van der Waals surface area contributed by atoms with E-state index in [4.69, 9.17) is 19.4 Å². The molecule has 4 atom stereocenters. The molecule has 0 bridgehead atoms. The fourth-order valence-corrected chi connectivity index (χ4v) is 5.08. The number of imidazole rings is 1. The second-order valence-electron chi connectivity index (χ2n) is 10.6. The summed E-state index contributed by atoms with van der Waals surface area (Å²) in [4.78, 5) is 14.3. The molecule has 3 heterocycles. The Morgan fingerprint density at radius 3 is 2.25 bits per heavy atom. The van der Waals surface area contributed by atoms with Crippen molar-refractivity contribution < 1.29 is 19.7 Å². The summed E-state index contributed by atoms with van der Waals surface area (Å²) in [6.45, 7) is 6.33. The Kier molecular flexibility index (Phi) is 9.03. The minimum absolute atomic E-state index is 0.0851. The zero-order valence-corrected chi connectivity index (χ0v) is 23.1. The van der Waals surface area contributed by atoms with E-state index < -0.39 is 24.5 Å². The van der Waals surface area contributed by atoms with Crippen LogP contribution in [-0.2, 0) is 16.0 Å². The number of methoxy groups -OCH3 is 1. The number of anilines is 1. The third kappa shape index (κ3) is 6.16. The Labute approximate surface area is 234 Å². The fourth-order valence-electron chi connectivity index (χ4n) is 5.08. The number of nitrogens with zero attached hydrogens (tertiary/aromatic N) is 4. The maximum atomic E-state index is 10.8. The van der Waals surface area contributed by atoms with Crippen molar-refractivity contribution in [2.24, 2.45) is 5.92 Å². The number of fused-ring (bicyclic) bond motifs is 1. The number of aliphatic hydroxyl groups excluding tert-OH is 2. The predicted octanol–water partition coefficient (Wildman–Crippen LogP) is 3.08. The van der Waals surface area contributed by atoms with Gasteiger partial charge in [-0.3, -0.25) is 4.57 Å². The Morgan fingerprint density at radius 2 is 1.62 bits per heavy atom. The number of hydrogen-bond acceptors (Lipinski definition) is 9. The number of aliphatic hydroxyl groups is 2. The largest absolute Gasteiger partial charge is 0.387 e. The average Bonchev–Trinajstić information content (AvgIpc) is 3.50. The number of rotatable bonds is 12.